The van der Waals surface area contributed by atoms with Crippen LogP contribution in [0, 0.1) is 5.92 Å². The summed E-state index contributed by atoms with van der Waals surface area (Å²) in [6.45, 7) is 10.2. The lowest BCUT2D eigenvalue weighted by Crippen LogP contribution is -2.45. The second-order valence-electron chi connectivity index (χ2n) is 10.0. The minimum absolute atomic E-state index is 0.0193. The van der Waals surface area contributed by atoms with Gasteiger partial charge in [0.2, 0.25) is 0 Å². The quantitative estimate of drug-likeness (QED) is 0.275. The molecular weight excluding hydrogens is 520 g/mol. The molecule has 4 aromatic rings. The van der Waals surface area contributed by atoms with Gasteiger partial charge in [0.15, 0.2) is 5.82 Å². The van der Waals surface area contributed by atoms with Gasteiger partial charge in [0, 0.05) is 43.7 Å². The molecule has 0 spiro atoms. The van der Waals surface area contributed by atoms with Crippen molar-refractivity contribution in [2.24, 2.45) is 18.7 Å². The second kappa shape index (κ2) is 13.1. The van der Waals surface area contributed by atoms with Crippen molar-refractivity contribution in [3.05, 3.63) is 35.9 Å². The van der Waals surface area contributed by atoms with E-state index in [1.807, 2.05) is 51.8 Å². The Balaban J connectivity index is 0.000000886. The lowest BCUT2D eigenvalue weighted by Gasteiger charge is -2.30. The summed E-state index contributed by atoms with van der Waals surface area (Å²) in [7, 11) is 3.66. The molecule has 3 aromatic heterocycles. The molecule has 1 aromatic carbocycles. The fourth-order valence-electron chi connectivity index (χ4n) is 5.35. The number of benzene rings is 1. The van der Waals surface area contributed by atoms with E-state index in [1.165, 1.54) is 12.8 Å². The van der Waals surface area contributed by atoms with Crippen LogP contribution in [-0.4, -0.2) is 62.4 Å². The van der Waals surface area contributed by atoms with Gasteiger partial charge in [-0.05, 0) is 68.2 Å². The summed E-state index contributed by atoms with van der Waals surface area (Å²) in [4.78, 5) is 25.2. The summed E-state index contributed by atoms with van der Waals surface area (Å²) in [5.41, 5.74) is 10.4. The van der Waals surface area contributed by atoms with Gasteiger partial charge in [-0.15, -0.1) is 11.8 Å². The Morgan fingerprint density at radius 2 is 1.85 bits per heavy atom. The summed E-state index contributed by atoms with van der Waals surface area (Å²) in [5.74, 6) is 2.15. The lowest BCUT2D eigenvalue weighted by atomic mass is 10.0. The predicted octanol–water partition coefficient (Wildman–Crippen LogP) is 6.35. The number of nitrogens with two attached hydrogens (primary N) is 1. The first-order valence-electron chi connectivity index (χ1n) is 14.6. The zero-order valence-corrected chi connectivity index (χ0v) is 25.8. The highest BCUT2D eigenvalue weighted by molar-refractivity contribution is 7.98. The number of likely N-dealkylation sites (tertiary alicyclic amines) is 1. The number of aromatic nitrogens is 4. The molecule has 40 heavy (non-hydrogen) atoms. The maximum Gasteiger partial charge on any atom is 0.254 e. The number of aryl methyl sites for hydroxylation is 1. The van der Waals surface area contributed by atoms with Crippen molar-refractivity contribution >= 4 is 39.7 Å². The van der Waals surface area contributed by atoms with Crippen LogP contribution in [0.4, 0.5) is 0 Å². The second-order valence-corrected chi connectivity index (χ2v) is 10.9. The Morgan fingerprint density at radius 1 is 1.10 bits per heavy atom. The van der Waals surface area contributed by atoms with E-state index in [9.17, 15) is 4.79 Å². The molecule has 6 rings (SSSR count). The van der Waals surface area contributed by atoms with Crippen LogP contribution in [0.2, 0.25) is 0 Å². The van der Waals surface area contributed by atoms with Crippen molar-refractivity contribution < 1.29 is 9.53 Å². The summed E-state index contributed by atoms with van der Waals surface area (Å²) < 4.78 is 10.2. The number of nitrogens with zero attached hydrogens (tertiary/aromatic N) is 5. The first kappa shape index (κ1) is 29.9. The number of carbonyl (C=O) groups excluding carboxylic acids is 1. The van der Waals surface area contributed by atoms with Gasteiger partial charge in [0.1, 0.15) is 16.9 Å². The average molecular weight is 565 g/mol. The molecule has 216 valence electrons. The molecule has 1 unspecified atom stereocenters. The van der Waals surface area contributed by atoms with E-state index in [0.29, 0.717) is 23.8 Å². The molecule has 8 nitrogen and oxygen atoms in total. The Hall–Kier alpha value is -3.04. The van der Waals surface area contributed by atoms with Gasteiger partial charge in [-0.1, -0.05) is 27.7 Å². The largest absolute Gasteiger partial charge is 0.494 e. The Morgan fingerprint density at radius 3 is 2.50 bits per heavy atom. The van der Waals surface area contributed by atoms with E-state index in [1.54, 1.807) is 18.9 Å². The summed E-state index contributed by atoms with van der Waals surface area (Å²) >= 11 is 1.65. The van der Waals surface area contributed by atoms with Crippen LogP contribution < -0.4 is 10.5 Å². The highest BCUT2D eigenvalue weighted by atomic mass is 32.2. The smallest absolute Gasteiger partial charge is 0.254 e. The van der Waals surface area contributed by atoms with Gasteiger partial charge in [0.05, 0.1) is 23.3 Å². The number of methoxy groups -OCH3 is 1. The fourth-order valence-corrected chi connectivity index (χ4v) is 5.73. The number of carbonyl (C=O) groups is 1. The van der Waals surface area contributed by atoms with Crippen LogP contribution in [-0.2, 0) is 13.6 Å². The number of piperidine rings is 1. The van der Waals surface area contributed by atoms with E-state index in [-0.39, 0.29) is 11.9 Å². The minimum Gasteiger partial charge on any atom is -0.494 e. The zero-order valence-electron chi connectivity index (χ0n) is 25.0. The number of imidazole rings is 1. The molecule has 1 saturated heterocycles. The molecule has 2 N–H and O–H groups in total. The number of ether oxygens (including phenoxy) is 1. The van der Waals surface area contributed by atoms with Crippen LogP contribution in [0.3, 0.4) is 0 Å². The van der Waals surface area contributed by atoms with Crippen molar-refractivity contribution in [3.63, 3.8) is 0 Å². The average Bonchev–Trinajstić information content (AvgIpc) is 3.67. The van der Waals surface area contributed by atoms with Crippen molar-refractivity contribution in [1.82, 2.24) is 24.0 Å². The standard InChI is InChI=1S/C27H32N6O2S.2C2H6/c1-31-24-20(11-18(13-22(24)35-2)27(34)32-10-4-5-19(28)15-32)29-26(31)21-12-17-8-9-23(36-3)30-25(17)33(21)14-16-6-7-16;2*1-2/h8-9,11-13,16,19H,4-7,10,14-15,28H2,1-3H3;2*1-2H3. The molecule has 2 fully saturated rings. The van der Waals surface area contributed by atoms with Gasteiger partial charge >= 0.3 is 0 Å². The molecule has 1 amide bonds. The van der Waals surface area contributed by atoms with E-state index in [2.05, 4.69) is 33.6 Å². The Kier molecular flexibility index (Phi) is 9.79. The molecule has 2 aliphatic rings. The molecule has 0 radical (unpaired) electrons. The third-order valence-electron chi connectivity index (χ3n) is 7.44. The van der Waals surface area contributed by atoms with Gasteiger partial charge < -0.3 is 24.5 Å². The van der Waals surface area contributed by atoms with Crippen molar-refractivity contribution in [2.45, 2.75) is 71.0 Å². The van der Waals surface area contributed by atoms with Crippen molar-refractivity contribution in [2.75, 3.05) is 26.5 Å². The molecule has 0 bridgehead atoms. The molecule has 9 heteroatoms. The van der Waals surface area contributed by atoms with E-state index in [0.717, 1.165) is 64.5 Å². The molecule has 1 atom stereocenters. The lowest BCUT2D eigenvalue weighted by molar-refractivity contribution is 0.0708. The first-order chi connectivity index (χ1) is 19.5. The third kappa shape index (κ3) is 5.86. The summed E-state index contributed by atoms with van der Waals surface area (Å²) in [5, 5.41) is 2.12. The summed E-state index contributed by atoms with van der Waals surface area (Å²) in [6, 6.07) is 10.2. The minimum atomic E-state index is -0.0193. The van der Waals surface area contributed by atoms with Crippen LogP contribution >= 0.6 is 11.8 Å². The molecule has 1 aliphatic heterocycles. The SMILES string of the molecule is CC.CC.COc1cc(C(=O)N2CCCC(N)C2)cc2nc(-c3cc4ccc(SC)nc4n3CC3CC3)n(C)c12. The first-order valence-corrected chi connectivity index (χ1v) is 15.8. The van der Waals surface area contributed by atoms with Gasteiger partial charge in [-0.2, -0.15) is 0 Å². The maximum absolute atomic E-state index is 13.3. The van der Waals surface area contributed by atoms with Gasteiger partial charge in [-0.3, -0.25) is 4.79 Å². The van der Waals surface area contributed by atoms with E-state index >= 15 is 0 Å². The predicted molar refractivity (Wildman–Crippen MR) is 166 cm³/mol. The highest BCUT2D eigenvalue weighted by Gasteiger charge is 2.28. The highest BCUT2D eigenvalue weighted by Crippen LogP contribution is 2.38. The number of hydrogen-bond donors (Lipinski definition) is 1. The number of thioether (sulfide) groups is 1. The number of hydrogen-bond acceptors (Lipinski definition) is 6. The number of rotatable bonds is 6. The zero-order chi connectivity index (χ0) is 29.0. The van der Waals surface area contributed by atoms with Gasteiger partial charge in [0.25, 0.3) is 5.91 Å². The van der Waals surface area contributed by atoms with Crippen LogP contribution in [0.5, 0.6) is 5.75 Å². The van der Waals surface area contributed by atoms with Crippen LogP contribution in [0.15, 0.2) is 35.4 Å². The number of pyridine rings is 1. The van der Waals surface area contributed by atoms with Crippen LogP contribution in [0.1, 0.15) is 63.7 Å². The Bertz CT molecular complexity index is 1470. The number of fused-ring (bicyclic) bond motifs is 2. The maximum atomic E-state index is 13.3. The van der Waals surface area contributed by atoms with Crippen LogP contribution in [0.25, 0.3) is 33.6 Å². The number of amides is 1. The molecule has 1 saturated carbocycles. The van der Waals surface area contributed by atoms with E-state index in [4.69, 9.17) is 20.4 Å². The van der Waals surface area contributed by atoms with Crippen molar-refractivity contribution in [1.29, 1.82) is 0 Å². The normalized spacial score (nSPS) is 16.8. The molecular formula is C31H44N6O2S. The monoisotopic (exact) mass is 564 g/mol. The topological polar surface area (TPSA) is 91.2 Å². The molecule has 4 heterocycles. The van der Waals surface area contributed by atoms with Gasteiger partial charge in [-0.25, -0.2) is 9.97 Å². The van der Waals surface area contributed by atoms with E-state index < -0.39 is 0 Å². The summed E-state index contributed by atoms with van der Waals surface area (Å²) in [6.07, 6.45) is 6.44. The third-order valence-corrected chi connectivity index (χ3v) is 8.09. The van der Waals surface area contributed by atoms with Crippen molar-refractivity contribution in [3.8, 4) is 17.3 Å². The fraction of sp³-hybridized carbons (Fsp3) is 0.516. The Labute approximate surface area is 242 Å². The molecule has 1 aliphatic carbocycles.